The molecule has 1 fully saturated rings. The van der Waals surface area contributed by atoms with Crippen LogP contribution >= 0.6 is 12.6 Å². The van der Waals surface area contributed by atoms with Gasteiger partial charge in [-0.25, -0.2) is 0 Å². The van der Waals surface area contributed by atoms with Crippen molar-refractivity contribution in [3.63, 3.8) is 0 Å². The van der Waals surface area contributed by atoms with Gasteiger partial charge in [-0.2, -0.15) is 12.6 Å². The molecule has 72 valence electrons. The lowest BCUT2D eigenvalue weighted by Gasteiger charge is -2.36. The van der Waals surface area contributed by atoms with Gasteiger partial charge in [0.2, 0.25) is 0 Å². The van der Waals surface area contributed by atoms with Crippen LogP contribution in [0.15, 0.2) is 34.9 Å². The molecule has 2 heterocycles. The number of hydrogen-bond donors (Lipinski definition) is 1. The second-order valence-corrected chi connectivity index (χ2v) is 4.53. The van der Waals surface area contributed by atoms with Crippen LogP contribution in [0.2, 0.25) is 0 Å². The lowest BCUT2D eigenvalue weighted by molar-refractivity contribution is -0.00938. The maximum Gasteiger partial charge on any atom is 0.134 e. The molecule has 3 rings (SSSR count). The highest BCUT2D eigenvalue weighted by Crippen LogP contribution is 2.40. The smallest absolute Gasteiger partial charge is 0.134 e. The molecule has 2 nitrogen and oxygen atoms in total. The zero-order valence-electron chi connectivity index (χ0n) is 7.56. The number of para-hydroxylation sites is 1. The van der Waals surface area contributed by atoms with Crippen LogP contribution in [0.4, 0.5) is 0 Å². The predicted molar refractivity (Wildman–Crippen MR) is 57.7 cm³/mol. The maximum atomic E-state index is 5.47. The average molecular weight is 206 g/mol. The van der Waals surface area contributed by atoms with Crippen molar-refractivity contribution in [1.29, 1.82) is 0 Å². The molecule has 0 spiro atoms. The van der Waals surface area contributed by atoms with Gasteiger partial charge in [0.15, 0.2) is 0 Å². The summed E-state index contributed by atoms with van der Waals surface area (Å²) in [4.78, 5) is 0. The van der Waals surface area contributed by atoms with Crippen LogP contribution in [-0.4, -0.2) is 13.2 Å². The van der Waals surface area contributed by atoms with Gasteiger partial charge in [0.25, 0.3) is 0 Å². The van der Waals surface area contributed by atoms with Gasteiger partial charge < -0.3 is 9.15 Å². The molecule has 2 aromatic rings. The Balaban J connectivity index is 2.22. The van der Waals surface area contributed by atoms with Crippen molar-refractivity contribution < 1.29 is 9.15 Å². The third-order valence-electron chi connectivity index (χ3n) is 2.66. The van der Waals surface area contributed by atoms with Gasteiger partial charge in [-0.15, -0.1) is 0 Å². The number of rotatable bonds is 1. The molecule has 1 aliphatic rings. The van der Waals surface area contributed by atoms with E-state index >= 15 is 0 Å². The molecule has 0 aliphatic carbocycles. The first-order valence-corrected chi connectivity index (χ1v) is 5.01. The Labute approximate surface area is 87.3 Å². The van der Waals surface area contributed by atoms with Gasteiger partial charge in [0.1, 0.15) is 5.58 Å². The van der Waals surface area contributed by atoms with Crippen molar-refractivity contribution in [2.75, 3.05) is 13.2 Å². The van der Waals surface area contributed by atoms with Crippen LogP contribution in [-0.2, 0) is 9.48 Å². The molecule has 1 aliphatic heterocycles. The molecule has 0 bridgehead atoms. The number of benzene rings is 1. The number of thiol groups is 1. The Bertz CT molecular complexity index is 471. The Kier molecular flexibility index (Phi) is 1.66. The molecule has 0 radical (unpaired) electrons. The normalized spacial score (nSPS) is 19.5. The molecule has 0 atom stereocenters. The fourth-order valence-electron chi connectivity index (χ4n) is 1.79. The summed E-state index contributed by atoms with van der Waals surface area (Å²) in [5.74, 6) is 0. The van der Waals surface area contributed by atoms with E-state index in [1.54, 1.807) is 6.26 Å². The van der Waals surface area contributed by atoms with Crippen molar-refractivity contribution in [2.24, 2.45) is 0 Å². The van der Waals surface area contributed by atoms with Crippen LogP contribution in [0.1, 0.15) is 5.56 Å². The lowest BCUT2D eigenvalue weighted by Crippen LogP contribution is -2.41. The Morgan fingerprint density at radius 3 is 2.71 bits per heavy atom. The van der Waals surface area contributed by atoms with E-state index in [2.05, 4.69) is 18.7 Å². The molecule has 14 heavy (non-hydrogen) atoms. The highest BCUT2D eigenvalue weighted by molar-refractivity contribution is 7.81. The van der Waals surface area contributed by atoms with Gasteiger partial charge in [-0.05, 0) is 6.07 Å². The zero-order chi connectivity index (χ0) is 9.60. The average Bonchev–Trinajstić information content (AvgIpc) is 2.58. The minimum atomic E-state index is -0.146. The van der Waals surface area contributed by atoms with E-state index in [1.165, 1.54) is 0 Å². The fourth-order valence-corrected chi connectivity index (χ4v) is 2.14. The van der Waals surface area contributed by atoms with Crippen molar-refractivity contribution >= 4 is 23.6 Å². The topological polar surface area (TPSA) is 22.4 Å². The van der Waals surface area contributed by atoms with E-state index in [4.69, 9.17) is 9.15 Å². The molecular weight excluding hydrogens is 196 g/mol. The van der Waals surface area contributed by atoms with Crippen molar-refractivity contribution in [1.82, 2.24) is 0 Å². The first kappa shape index (κ1) is 8.38. The third-order valence-corrected chi connectivity index (χ3v) is 3.16. The highest BCUT2D eigenvalue weighted by Gasteiger charge is 2.38. The van der Waals surface area contributed by atoms with Gasteiger partial charge in [-0.3, -0.25) is 0 Å². The summed E-state index contributed by atoms with van der Waals surface area (Å²) in [6.07, 6.45) is 1.79. The summed E-state index contributed by atoms with van der Waals surface area (Å²) >= 11 is 4.62. The maximum absolute atomic E-state index is 5.47. The fraction of sp³-hybridized carbons (Fsp3) is 0.273. The van der Waals surface area contributed by atoms with Crippen LogP contribution in [0.5, 0.6) is 0 Å². The summed E-state index contributed by atoms with van der Waals surface area (Å²) in [7, 11) is 0. The summed E-state index contributed by atoms with van der Waals surface area (Å²) in [5, 5.41) is 1.14. The van der Waals surface area contributed by atoms with Crippen molar-refractivity contribution in [3.8, 4) is 0 Å². The molecule has 0 N–H and O–H groups in total. The van der Waals surface area contributed by atoms with E-state index < -0.39 is 0 Å². The summed E-state index contributed by atoms with van der Waals surface area (Å²) in [6.45, 7) is 1.33. The summed E-state index contributed by atoms with van der Waals surface area (Å²) < 4.78 is 10.5. The van der Waals surface area contributed by atoms with Crippen LogP contribution in [0, 0.1) is 0 Å². The van der Waals surface area contributed by atoms with E-state index in [1.807, 2.05) is 18.2 Å². The standard InChI is InChI=1S/C11H10O2S/c14-11(6-12-7-11)9-5-13-10-4-2-1-3-8(9)10/h1-5,14H,6-7H2. The van der Waals surface area contributed by atoms with Gasteiger partial charge in [0, 0.05) is 10.9 Å². The van der Waals surface area contributed by atoms with Gasteiger partial charge in [-0.1, -0.05) is 18.2 Å². The molecule has 1 saturated heterocycles. The van der Waals surface area contributed by atoms with Crippen LogP contribution < -0.4 is 0 Å². The molecule has 0 amide bonds. The Morgan fingerprint density at radius 1 is 1.21 bits per heavy atom. The molecule has 0 unspecified atom stereocenters. The van der Waals surface area contributed by atoms with Crippen LogP contribution in [0.3, 0.4) is 0 Å². The second kappa shape index (κ2) is 2.78. The molecule has 3 heteroatoms. The third kappa shape index (κ3) is 1.03. The van der Waals surface area contributed by atoms with Gasteiger partial charge >= 0.3 is 0 Å². The van der Waals surface area contributed by atoms with E-state index in [9.17, 15) is 0 Å². The molecule has 1 aromatic heterocycles. The summed E-state index contributed by atoms with van der Waals surface area (Å²) in [6, 6.07) is 8.01. The Morgan fingerprint density at radius 2 is 2.00 bits per heavy atom. The minimum absolute atomic E-state index is 0.146. The minimum Gasteiger partial charge on any atom is -0.464 e. The van der Waals surface area contributed by atoms with Crippen molar-refractivity contribution in [3.05, 3.63) is 36.1 Å². The molecule has 1 aromatic carbocycles. The first-order chi connectivity index (χ1) is 6.80. The van der Waals surface area contributed by atoms with E-state index in [0.717, 1.165) is 16.5 Å². The van der Waals surface area contributed by atoms with E-state index in [-0.39, 0.29) is 4.75 Å². The number of hydrogen-bond acceptors (Lipinski definition) is 3. The zero-order valence-corrected chi connectivity index (χ0v) is 8.46. The molecular formula is C11H10O2S. The largest absolute Gasteiger partial charge is 0.464 e. The number of fused-ring (bicyclic) bond motifs is 1. The monoisotopic (exact) mass is 206 g/mol. The van der Waals surface area contributed by atoms with Crippen molar-refractivity contribution in [2.45, 2.75) is 4.75 Å². The summed E-state index contributed by atoms with van der Waals surface area (Å²) in [5.41, 5.74) is 2.06. The lowest BCUT2D eigenvalue weighted by atomic mass is 9.96. The predicted octanol–water partition coefficient (Wildman–Crippen LogP) is 2.59. The number of ether oxygens (including phenoxy) is 1. The van der Waals surface area contributed by atoms with Gasteiger partial charge in [0.05, 0.1) is 24.2 Å². The Hall–Kier alpha value is -0.930. The molecule has 0 saturated carbocycles. The number of furan rings is 1. The first-order valence-electron chi connectivity index (χ1n) is 4.56. The van der Waals surface area contributed by atoms with E-state index in [0.29, 0.717) is 13.2 Å². The SMILES string of the molecule is SC1(c2coc3ccccc23)COC1. The quantitative estimate of drug-likeness (QED) is 0.724. The highest BCUT2D eigenvalue weighted by atomic mass is 32.1. The second-order valence-electron chi connectivity index (χ2n) is 3.67. The van der Waals surface area contributed by atoms with Crippen LogP contribution in [0.25, 0.3) is 11.0 Å².